The van der Waals surface area contributed by atoms with Crippen LogP contribution < -0.4 is 0 Å². The van der Waals surface area contributed by atoms with E-state index in [1.165, 1.54) is 6.92 Å². The molecule has 0 aliphatic carbocycles. The number of carbonyl (C=O) groups is 1. The van der Waals surface area contributed by atoms with Crippen molar-refractivity contribution in [1.29, 1.82) is 0 Å². The Kier molecular flexibility index (Phi) is 3.65. The van der Waals surface area contributed by atoms with Crippen LogP contribution in [0.4, 0.5) is 0 Å². The molecule has 1 rings (SSSR count). The summed E-state index contributed by atoms with van der Waals surface area (Å²) in [6, 6.07) is 0. The summed E-state index contributed by atoms with van der Waals surface area (Å²) in [5.41, 5.74) is 0. The minimum atomic E-state index is -0.857. The average Bonchev–Trinajstić information content (AvgIpc) is 2.07. The minimum absolute atomic E-state index is 0.255. The summed E-state index contributed by atoms with van der Waals surface area (Å²) in [6.45, 7) is 1.05. The fourth-order valence-electron chi connectivity index (χ4n) is 1.36. The van der Waals surface area contributed by atoms with E-state index in [-0.39, 0.29) is 6.61 Å². The lowest BCUT2D eigenvalue weighted by Crippen LogP contribution is -2.43. The smallest absolute Gasteiger partial charge is 0.302 e. The molecule has 5 heteroatoms. The Hall–Kier alpha value is -0.650. The van der Waals surface area contributed by atoms with Crippen LogP contribution in [-0.2, 0) is 14.3 Å². The summed E-state index contributed by atoms with van der Waals surface area (Å²) in [6.07, 6.45) is -0.956. The average molecular weight is 190 g/mol. The molecule has 76 valence electrons. The lowest BCUT2D eigenvalue weighted by Gasteiger charge is -2.32. The third kappa shape index (κ3) is 2.95. The van der Waals surface area contributed by atoms with Crippen LogP contribution in [0.1, 0.15) is 19.8 Å². The molecule has 0 aromatic heterocycles. The van der Waals surface area contributed by atoms with Gasteiger partial charge in [0.15, 0.2) is 6.29 Å². The molecule has 0 radical (unpaired) electrons. The summed E-state index contributed by atoms with van der Waals surface area (Å²) >= 11 is 0. The van der Waals surface area contributed by atoms with Gasteiger partial charge in [0.2, 0.25) is 0 Å². The molecular formula is C8H14O5. The topological polar surface area (TPSA) is 76.0 Å². The Balaban J connectivity index is 2.47. The maximum absolute atomic E-state index is 10.6. The second kappa shape index (κ2) is 4.55. The molecular weight excluding hydrogens is 176 g/mol. The summed E-state index contributed by atoms with van der Waals surface area (Å²) in [7, 11) is 0. The second-order valence-electron chi connectivity index (χ2n) is 3.04. The molecule has 0 aromatic rings. The van der Waals surface area contributed by atoms with Gasteiger partial charge in [0.1, 0.15) is 12.2 Å². The maximum atomic E-state index is 10.6. The molecule has 1 aliphatic heterocycles. The van der Waals surface area contributed by atoms with Crippen molar-refractivity contribution in [3.8, 4) is 0 Å². The van der Waals surface area contributed by atoms with Crippen molar-refractivity contribution in [1.82, 2.24) is 0 Å². The van der Waals surface area contributed by atoms with Gasteiger partial charge in [-0.05, 0) is 6.42 Å². The monoisotopic (exact) mass is 190 g/mol. The van der Waals surface area contributed by atoms with Gasteiger partial charge in [-0.3, -0.25) is 4.79 Å². The highest BCUT2D eigenvalue weighted by Crippen LogP contribution is 2.20. The van der Waals surface area contributed by atoms with Crippen LogP contribution >= 0.6 is 0 Å². The third-order valence-electron chi connectivity index (χ3n) is 1.94. The molecule has 2 N–H and O–H groups in total. The van der Waals surface area contributed by atoms with Gasteiger partial charge in [-0.2, -0.15) is 0 Å². The molecule has 3 atom stereocenters. The molecule has 1 saturated heterocycles. The van der Waals surface area contributed by atoms with Gasteiger partial charge in [0, 0.05) is 13.3 Å². The van der Waals surface area contributed by atoms with E-state index in [0.29, 0.717) is 12.8 Å². The van der Waals surface area contributed by atoms with Gasteiger partial charge in [-0.25, -0.2) is 0 Å². The Morgan fingerprint density at radius 1 is 1.62 bits per heavy atom. The van der Waals surface area contributed by atoms with Crippen molar-refractivity contribution in [2.75, 3.05) is 6.61 Å². The number of ether oxygens (including phenoxy) is 2. The summed E-state index contributed by atoms with van der Waals surface area (Å²) in [5.74, 6) is -0.400. The van der Waals surface area contributed by atoms with E-state index in [9.17, 15) is 4.79 Å². The molecule has 0 unspecified atom stereocenters. The molecule has 0 aromatic carbocycles. The molecule has 0 spiro atoms. The van der Waals surface area contributed by atoms with Gasteiger partial charge < -0.3 is 19.7 Å². The summed E-state index contributed by atoms with van der Waals surface area (Å²) in [5, 5.41) is 18.0. The Morgan fingerprint density at radius 3 is 2.85 bits per heavy atom. The largest absolute Gasteiger partial charge is 0.460 e. The van der Waals surface area contributed by atoms with Crippen LogP contribution in [0.5, 0.6) is 0 Å². The van der Waals surface area contributed by atoms with Crippen molar-refractivity contribution in [2.24, 2.45) is 0 Å². The quantitative estimate of drug-likeness (QED) is 0.569. The lowest BCUT2D eigenvalue weighted by molar-refractivity contribution is -0.217. The van der Waals surface area contributed by atoms with Crippen LogP contribution in [0.25, 0.3) is 0 Å². The van der Waals surface area contributed by atoms with E-state index >= 15 is 0 Å². The standard InChI is InChI=1S/C8H14O5/c1-5(10)12-6-2-3-8(11)13-7(6)4-9/h6-9,11H,2-4H2,1H3/t6-,7+,8-/m0/s1. The third-order valence-corrected chi connectivity index (χ3v) is 1.94. The summed E-state index contributed by atoms with van der Waals surface area (Å²) < 4.78 is 9.89. The highest BCUT2D eigenvalue weighted by atomic mass is 16.6. The molecule has 0 saturated carbocycles. The molecule has 5 nitrogen and oxygen atoms in total. The molecule has 1 fully saturated rings. The minimum Gasteiger partial charge on any atom is -0.460 e. The lowest BCUT2D eigenvalue weighted by atomic mass is 10.1. The molecule has 13 heavy (non-hydrogen) atoms. The van der Waals surface area contributed by atoms with Crippen molar-refractivity contribution in [2.45, 2.75) is 38.3 Å². The molecule has 0 amide bonds. The van der Waals surface area contributed by atoms with E-state index < -0.39 is 24.5 Å². The Morgan fingerprint density at radius 2 is 2.31 bits per heavy atom. The van der Waals surface area contributed by atoms with Gasteiger partial charge in [-0.1, -0.05) is 0 Å². The van der Waals surface area contributed by atoms with E-state index in [1.807, 2.05) is 0 Å². The maximum Gasteiger partial charge on any atom is 0.302 e. The number of aliphatic hydroxyl groups is 2. The zero-order valence-corrected chi connectivity index (χ0v) is 7.47. The van der Waals surface area contributed by atoms with Crippen molar-refractivity contribution in [3.05, 3.63) is 0 Å². The highest BCUT2D eigenvalue weighted by molar-refractivity contribution is 5.66. The van der Waals surface area contributed by atoms with Gasteiger partial charge >= 0.3 is 5.97 Å². The number of hydrogen-bond donors (Lipinski definition) is 2. The SMILES string of the molecule is CC(=O)O[C@H]1CC[C@@H](O)O[C@@H]1CO. The fraction of sp³-hybridized carbons (Fsp3) is 0.875. The van der Waals surface area contributed by atoms with Crippen molar-refractivity contribution < 1.29 is 24.5 Å². The zero-order valence-electron chi connectivity index (χ0n) is 7.47. The van der Waals surface area contributed by atoms with Gasteiger partial charge in [-0.15, -0.1) is 0 Å². The number of rotatable bonds is 2. The fourth-order valence-corrected chi connectivity index (χ4v) is 1.36. The van der Waals surface area contributed by atoms with E-state index in [4.69, 9.17) is 19.7 Å². The predicted octanol–water partition coefficient (Wildman–Crippen LogP) is -0.592. The first-order valence-electron chi connectivity index (χ1n) is 4.25. The normalized spacial score (nSPS) is 34.2. The number of aliphatic hydroxyl groups excluding tert-OH is 2. The molecule has 1 aliphatic rings. The predicted molar refractivity (Wildman–Crippen MR) is 42.8 cm³/mol. The first-order chi connectivity index (χ1) is 6.13. The first kappa shape index (κ1) is 10.4. The Bertz CT molecular complexity index is 181. The van der Waals surface area contributed by atoms with E-state index in [2.05, 4.69) is 0 Å². The van der Waals surface area contributed by atoms with Crippen molar-refractivity contribution in [3.63, 3.8) is 0 Å². The number of carbonyl (C=O) groups excluding carboxylic acids is 1. The summed E-state index contributed by atoms with van der Waals surface area (Å²) in [4.78, 5) is 10.6. The van der Waals surface area contributed by atoms with Gasteiger partial charge in [0.05, 0.1) is 6.61 Å². The number of hydrogen-bond acceptors (Lipinski definition) is 5. The van der Waals surface area contributed by atoms with Crippen LogP contribution in [0.2, 0.25) is 0 Å². The van der Waals surface area contributed by atoms with Crippen LogP contribution in [0.15, 0.2) is 0 Å². The van der Waals surface area contributed by atoms with Gasteiger partial charge in [0.25, 0.3) is 0 Å². The Labute approximate surface area is 76.3 Å². The van der Waals surface area contributed by atoms with Crippen molar-refractivity contribution >= 4 is 5.97 Å². The first-order valence-corrected chi connectivity index (χ1v) is 4.25. The zero-order chi connectivity index (χ0) is 9.84. The van der Waals surface area contributed by atoms with Crippen LogP contribution in [0, 0.1) is 0 Å². The molecule has 0 bridgehead atoms. The number of esters is 1. The van der Waals surface area contributed by atoms with Crippen LogP contribution in [-0.4, -0.2) is 41.3 Å². The van der Waals surface area contributed by atoms with Crippen LogP contribution in [0.3, 0.4) is 0 Å². The highest BCUT2D eigenvalue weighted by Gasteiger charge is 2.31. The van der Waals surface area contributed by atoms with E-state index in [1.54, 1.807) is 0 Å². The molecule has 1 heterocycles. The second-order valence-corrected chi connectivity index (χ2v) is 3.04. The van der Waals surface area contributed by atoms with E-state index in [0.717, 1.165) is 0 Å².